The van der Waals surface area contributed by atoms with Crippen molar-refractivity contribution in [3.05, 3.63) is 122 Å². The van der Waals surface area contributed by atoms with Gasteiger partial charge in [-0.1, -0.05) is 258 Å². The summed E-state index contributed by atoms with van der Waals surface area (Å²) >= 11 is 0. The molecule has 0 spiro atoms. The van der Waals surface area contributed by atoms with Crippen LogP contribution in [0.5, 0.6) is 0 Å². The molecule has 0 radical (unpaired) electrons. The van der Waals surface area contributed by atoms with Crippen LogP contribution in [0.15, 0.2) is 122 Å². The zero-order valence-electron chi connectivity index (χ0n) is 47.4. The van der Waals surface area contributed by atoms with Gasteiger partial charge in [-0.2, -0.15) is 0 Å². The first kappa shape index (κ1) is 68.8. The van der Waals surface area contributed by atoms with Gasteiger partial charge in [-0.25, -0.2) is 0 Å². The third-order valence-corrected chi connectivity index (χ3v) is 12.5. The van der Waals surface area contributed by atoms with E-state index in [1.54, 1.807) is 6.08 Å². The Labute approximate surface area is 450 Å². The summed E-state index contributed by atoms with van der Waals surface area (Å²) in [4.78, 5) is 38.1. The fourth-order valence-corrected chi connectivity index (χ4v) is 8.03. The lowest BCUT2D eigenvalue weighted by molar-refractivity contribution is -0.166. The molecule has 0 aliphatic rings. The van der Waals surface area contributed by atoms with Gasteiger partial charge in [0.25, 0.3) is 0 Å². The molecule has 0 amide bonds. The molecule has 0 aromatic rings. The van der Waals surface area contributed by atoms with E-state index in [1.165, 1.54) is 122 Å². The van der Waals surface area contributed by atoms with Crippen molar-refractivity contribution in [3.8, 4) is 0 Å². The maximum Gasteiger partial charge on any atom is 0.310 e. The highest BCUT2D eigenvalue weighted by atomic mass is 16.6. The molecule has 0 aromatic carbocycles. The van der Waals surface area contributed by atoms with Crippen LogP contribution in [0.2, 0.25) is 0 Å². The second kappa shape index (κ2) is 60.4. The van der Waals surface area contributed by atoms with Crippen LogP contribution >= 0.6 is 0 Å². The molecule has 0 rings (SSSR count). The second-order valence-corrected chi connectivity index (χ2v) is 19.5. The maximum atomic E-state index is 12.8. The molecule has 0 saturated heterocycles. The molecule has 0 aromatic heterocycles. The fraction of sp³-hybridized carbons (Fsp3) is 0.657. The summed E-state index contributed by atoms with van der Waals surface area (Å²) in [5.41, 5.74) is 0. The Morgan fingerprint density at radius 1 is 0.301 bits per heavy atom. The van der Waals surface area contributed by atoms with Gasteiger partial charge in [-0.15, -0.1) is 0 Å². The number of allylic oxidation sites excluding steroid dienone is 19. The van der Waals surface area contributed by atoms with E-state index in [0.717, 1.165) is 96.3 Å². The zero-order valence-corrected chi connectivity index (χ0v) is 47.4. The Hall–Kier alpha value is -4.19. The summed E-state index contributed by atoms with van der Waals surface area (Å²) in [7, 11) is 0. The van der Waals surface area contributed by atoms with E-state index < -0.39 is 12.1 Å². The van der Waals surface area contributed by atoms with Crippen molar-refractivity contribution in [2.75, 3.05) is 13.2 Å². The third kappa shape index (κ3) is 58.6. The van der Waals surface area contributed by atoms with Crippen molar-refractivity contribution >= 4 is 17.9 Å². The minimum absolute atomic E-state index is 0.0871. The number of rotatable bonds is 53. The summed E-state index contributed by atoms with van der Waals surface area (Å²) in [6.45, 7) is 6.29. The van der Waals surface area contributed by atoms with Crippen LogP contribution in [0.4, 0.5) is 0 Å². The van der Waals surface area contributed by atoms with E-state index in [0.29, 0.717) is 19.3 Å². The number of carbonyl (C=O) groups is 3. The highest BCUT2D eigenvalue weighted by Gasteiger charge is 2.19. The van der Waals surface area contributed by atoms with Crippen molar-refractivity contribution in [2.45, 2.75) is 271 Å². The van der Waals surface area contributed by atoms with E-state index in [2.05, 4.69) is 130 Å². The lowest BCUT2D eigenvalue weighted by Crippen LogP contribution is -2.30. The molecule has 0 aliphatic carbocycles. The Morgan fingerprint density at radius 2 is 0.575 bits per heavy atom. The number of carbonyl (C=O) groups excluding carboxylic acids is 3. The van der Waals surface area contributed by atoms with Crippen LogP contribution < -0.4 is 0 Å². The summed E-state index contributed by atoms with van der Waals surface area (Å²) in [6, 6.07) is 0. The third-order valence-electron chi connectivity index (χ3n) is 12.5. The highest BCUT2D eigenvalue weighted by Crippen LogP contribution is 2.15. The van der Waals surface area contributed by atoms with Crippen LogP contribution in [0, 0.1) is 0 Å². The monoisotopic (exact) mass is 1010 g/mol. The molecular formula is C67H110O6. The number of ether oxygens (including phenoxy) is 3. The number of unbranched alkanes of at least 4 members (excludes halogenated alkanes) is 23. The van der Waals surface area contributed by atoms with Gasteiger partial charge in [0.15, 0.2) is 6.10 Å². The molecule has 73 heavy (non-hydrogen) atoms. The predicted octanol–water partition coefficient (Wildman–Crippen LogP) is 20.4. The molecule has 0 N–H and O–H groups in total. The summed E-state index contributed by atoms with van der Waals surface area (Å²) in [5, 5.41) is 0. The Kier molecular flexibility index (Phi) is 56.9. The van der Waals surface area contributed by atoms with Crippen molar-refractivity contribution in [2.24, 2.45) is 0 Å². The zero-order chi connectivity index (χ0) is 52.9. The first-order chi connectivity index (χ1) is 36.0. The maximum absolute atomic E-state index is 12.8. The molecule has 0 heterocycles. The number of esters is 3. The molecule has 414 valence electrons. The Bertz CT molecular complexity index is 1540. The first-order valence-electron chi connectivity index (χ1n) is 30.0. The fourth-order valence-electron chi connectivity index (χ4n) is 8.03. The van der Waals surface area contributed by atoms with E-state index in [-0.39, 0.29) is 31.6 Å². The average Bonchev–Trinajstić information content (AvgIpc) is 3.39. The molecule has 0 aliphatic heterocycles. The van der Waals surface area contributed by atoms with E-state index in [4.69, 9.17) is 14.2 Å². The van der Waals surface area contributed by atoms with Gasteiger partial charge in [0.2, 0.25) is 0 Å². The van der Waals surface area contributed by atoms with Crippen molar-refractivity contribution in [3.63, 3.8) is 0 Å². The van der Waals surface area contributed by atoms with Gasteiger partial charge in [0.05, 0.1) is 6.42 Å². The highest BCUT2D eigenvalue weighted by molar-refractivity contribution is 5.72. The summed E-state index contributed by atoms with van der Waals surface area (Å²) < 4.78 is 16.7. The lowest BCUT2D eigenvalue weighted by atomic mass is 10.0. The van der Waals surface area contributed by atoms with E-state index >= 15 is 0 Å². The van der Waals surface area contributed by atoms with Gasteiger partial charge in [0, 0.05) is 12.8 Å². The van der Waals surface area contributed by atoms with Crippen molar-refractivity contribution in [1.29, 1.82) is 0 Å². The van der Waals surface area contributed by atoms with E-state index in [1.807, 2.05) is 6.08 Å². The predicted molar refractivity (Wildman–Crippen MR) is 316 cm³/mol. The minimum atomic E-state index is -0.847. The standard InChI is InChI=1S/C67H110O6/c1-4-7-10-13-16-19-22-25-27-28-29-30-31-32-33-34-35-36-37-38-40-42-45-48-51-54-57-60-66(69)72-63-64(62-71-65(68)59-56-53-50-47-44-41-24-21-18-15-12-9-6-3)73-67(70)61-58-55-52-49-46-43-39-26-23-20-17-14-11-8-5-2/h8-9,11-12,17-18,20-22,25-26,28-29,39,41,44,46,49,55,58,64H,4-7,10,13-16,19,23-24,27,30-38,40,42-43,45,47-48,50-54,56-57,59-63H2,1-3H3/b11-8-,12-9-,20-17-,21-18-,25-22-,29-28-,39-26-,44-41-,49-46-,58-55-. The molecule has 1 unspecified atom stereocenters. The van der Waals surface area contributed by atoms with Gasteiger partial charge in [-0.05, 0) is 109 Å². The summed E-state index contributed by atoms with van der Waals surface area (Å²) in [6.07, 6.45) is 83.8. The normalized spacial score (nSPS) is 13.0. The van der Waals surface area contributed by atoms with E-state index in [9.17, 15) is 14.4 Å². The van der Waals surface area contributed by atoms with Gasteiger partial charge in [0.1, 0.15) is 13.2 Å². The van der Waals surface area contributed by atoms with Crippen molar-refractivity contribution in [1.82, 2.24) is 0 Å². The van der Waals surface area contributed by atoms with Gasteiger partial charge in [-0.3, -0.25) is 14.4 Å². The molecule has 0 fully saturated rings. The average molecular weight is 1010 g/mol. The van der Waals surface area contributed by atoms with Gasteiger partial charge < -0.3 is 14.2 Å². The minimum Gasteiger partial charge on any atom is -0.462 e. The summed E-state index contributed by atoms with van der Waals surface area (Å²) in [5.74, 6) is -1.09. The van der Waals surface area contributed by atoms with Crippen LogP contribution in [0.1, 0.15) is 265 Å². The van der Waals surface area contributed by atoms with Gasteiger partial charge >= 0.3 is 17.9 Å². The molecule has 6 nitrogen and oxygen atoms in total. The number of hydrogen-bond acceptors (Lipinski definition) is 6. The SMILES string of the molecule is CC/C=C\C/C=C\C/C=C\C/C=C\C/C=C\CC(=O)OC(COC(=O)CCCCC/C=C\C/C=C\C/C=C\CC)COC(=O)CCCCCCCCCCCCCCCCC/C=C\C/C=C\CCCCCCC. The van der Waals surface area contributed by atoms with Crippen molar-refractivity contribution < 1.29 is 28.6 Å². The quantitative estimate of drug-likeness (QED) is 0.0261. The smallest absolute Gasteiger partial charge is 0.310 e. The molecule has 6 heteroatoms. The molecular weight excluding hydrogens is 901 g/mol. The number of hydrogen-bond donors (Lipinski definition) is 0. The van der Waals surface area contributed by atoms with Crippen LogP contribution in [0.25, 0.3) is 0 Å². The topological polar surface area (TPSA) is 78.9 Å². The largest absolute Gasteiger partial charge is 0.462 e. The Balaban J connectivity index is 4.34. The van der Waals surface area contributed by atoms with Crippen LogP contribution in [0.3, 0.4) is 0 Å². The molecule has 0 bridgehead atoms. The first-order valence-corrected chi connectivity index (χ1v) is 30.0. The van der Waals surface area contributed by atoms with Crippen LogP contribution in [-0.4, -0.2) is 37.2 Å². The Morgan fingerprint density at radius 3 is 0.918 bits per heavy atom. The lowest BCUT2D eigenvalue weighted by Gasteiger charge is -2.18. The molecule has 0 saturated carbocycles. The van der Waals surface area contributed by atoms with Crippen LogP contribution in [-0.2, 0) is 28.6 Å². The molecule has 1 atom stereocenters. The second-order valence-electron chi connectivity index (χ2n) is 19.5.